The Labute approximate surface area is 159 Å². The lowest BCUT2D eigenvalue weighted by atomic mass is 10.0. The maximum atomic E-state index is 13.1. The fourth-order valence-electron chi connectivity index (χ4n) is 4.18. The average molecular weight is 374 g/mol. The summed E-state index contributed by atoms with van der Waals surface area (Å²) in [5, 5.41) is 1.08. The van der Waals surface area contributed by atoms with Crippen LogP contribution in [-0.2, 0) is 7.05 Å². The number of thioether (sulfide) groups is 1. The van der Waals surface area contributed by atoms with Gasteiger partial charge in [-0.2, -0.15) is 11.8 Å². The molecule has 0 aliphatic carbocycles. The minimum Gasteiger partial charge on any atom is -0.497 e. The summed E-state index contributed by atoms with van der Waals surface area (Å²) in [5.74, 6) is 3.46. The summed E-state index contributed by atoms with van der Waals surface area (Å²) in [6, 6.07) is 8.61. The Morgan fingerprint density at radius 3 is 2.54 bits per heavy atom. The van der Waals surface area contributed by atoms with E-state index < -0.39 is 0 Å². The van der Waals surface area contributed by atoms with Crippen molar-refractivity contribution in [3.8, 4) is 5.75 Å². The lowest BCUT2D eigenvalue weighted by Gasteiger charge is -2.40. The first-order valence-corrected chi connectivity index (χ1v) is 10.6. The third-order valence-electron chi connectivity index (χ3n) is 5.79. The van der Waals surface area contributed by atoms with Crippen molar-refractivity contribution in [1.82, 2.24) is 14.4 Å². The van der Waals surface area contributed by atoms with Crippen LogP contribution in [0.3, 0.4) is 0 Å². The Bertz CT molecular complexity index is 790. The van der Waals surface area contributed by atoms with E-state index in [1.807, 2.05) is 40.8 Å². The largest absolute Gasteiger partial charge is 0.497 e. The van der Waals surface area contributed by atoms with Crippen molar-refractivity contribution < 1.29 is 9.53 Å². The Morgan fingerprint density at radius 2 is 1.85 bits per heavy atom. The molecule has 0 atom stereocenters. The maximum Gasteiger partial charge on any atom is 0.270 e. The highest BCUT2D eigenvalue weighted by molar-refractivity contribution is 7.99. The van der Waals surface area contributed by atoms with Crippen molar-refractivity contribution in [2.75, 3.05) is 44.8 Å². The SMILES string of the molecule is COc1ccc2cc(C(=O)N3CCC(N4CCSCC4)CC3)n(C)c2c1. The summed E-state index contributed by atoms with van der Waals surface area (Å²) in [4.78, 5) is 17.7. The number of amides is 1. The molecule has 4 rings (SSSR count). The van der Waals surface area contributed by atoms with Gasteiger partial charge in [0.1, 0.15) is 11.4 Å². The van der Waals surface area contributed by atoms with Crippen molar-refractivity contribution in [1.29, 1.82) is 0 Å². The van der Waals surface area contributed by atoms with Gasteiger partial charge in [-0.15, -0.1) is 0 Å². The van der Waals surface area contributed by atoms with Crippen LogP contribution in [0.4, 0.5) is 0 Å². The minimum absolute atomic E-state index is 0.148. The zero-order valence-electron chi connectivity index (χ0n) is 15.6. The lowest BCUT2D eigenvalue weighted by Crippen LogP contribution is -2.49. The summed E-state index contributed by atoms with van der Waals surface area (Å²) < 4.78 is 7.31. The summed E-state index contributed by atoms with van der Waals surface area (Å²) in [6.45, 7) is 4.12. The van der Waals surface area contributed by atoms with Gasteiger partial charge in [-0.05, 0) is 31.0 Å². The molecule has 2 aliphatic rings. The molecule has 0 radical (unpaired) electrons. The number of aryl methyl sites for hydroxylation is 1. The topological polar surface area (TPSA) is 37.7 Å². The number of piperidine rings is 1. The fraction of sp³-hybridized carbons (Fsp3) is 0.550. The van der Waals surface area contributed by atoms with Gasteiger partial charge in [0.2, 0.25) is 0 Å². The Morgan fingerprint density at radius 1 is 1.12 bits per heavy atom. The number of hydrogen-bond acceptors (Lipinski definition) is 4. The highest BCUT2D eigenvalue weighted by Gasteiger charge is 2.29. The van der Waals surface area contributed by atoms with E-state index in [4.69, 9.17) is 4.74 Å². The van der Waals surface area contributed by atoms with Crippen molar-refractivity contribution in [3.63, 3.8) is 0 Å². The van der Waals surface area contributed by atoms with Crippen molar-refractivity contribution in [3.05, 3.63) is 30.0 Å². The number of benzene rings is 1. The molecule has 5 nitrogen and oxygen atoms in total. The van der Waals surface area contributed by atoms with E-state index in [0.29, 0.717) is 6.04 Å². The second-order valence-corrected chi connectivity index (χ2v) is 8.41. The van der Waals surface area contributed by atoms with Crippen LogP contribution in [-0.4, -0.2) is 71.1 Å². The third-order valence-corrected chi connectivity index (χ3v) is 6.73. The number of ether oxygens (including phenoxy) is 1. The molecule has 2 fully saturated rings. The zero-order valence-corrected chi connectivity index (χ0v) is 16.4. The van der Waals surface area contributed by atoms with E-state index in [2.05, 4.69) is 16.7 Å². The van der Waals surface area contributed by atoms with Crippen molar-refractivity contribution in [2.24, 2.45) is 7.05 Å². The molecule has 1 aromatic carbocycles. The van der Waals surface area contributed by atoms with Crippen LogP contribution in [0.15, 0.2) is 24.3 Å². The number of methoxy groups -OCH3 is 1. The fourth-order valence-corrected chi connectivity index (χ4v) is 5.11. The smallest absolute Gasteiger partial charge is 0.270 e. The second-order valence-electron chi connectivity index (χ2n) is 7.19. The van der Waals surface area contributed by atoms with Crippen LogP contribution in [0.1, 0.15) is 23.3 Å². The van der Waals surface area contributed by atoms with Gasteiger partial charge >= 0.3 is 0 Å². The minimum atomic E-state index is 0.148. The second kappa shape index (κ2) is 7.53. The molecule has 2 saturated heterocycles. The number of nitrogens with zero attached hydrogens (tertiary/aromatic N) is 3. The maximum absolute atomic E-state index is 13.1. The standard InChI is InChI=1S/C20H27N3O2S/c1-21-18-14-17(25-2)4-3-15(18)13-19(21)20(24)23-7-5-16(6-8-23)22-9-11-26-12-10-22/h3-4,13-14,16H,5-12H2,1-2H3. The molecule has 140 valence electrons. The summed E-state index contributed by atoms with van der Waals surface area (Å²) in [7, 11) is 3.63. The van der Waals surface area contributed by atoms with E-state index in [1.54, 1.807) is 7.11 Å². The Balaban J connectivity index is 1.46. The third kappa shape index (κ3) is 3.32. The molecule has 0 saturated carbocycles. The van der Waals surface area contributed by atoms with E-state index >= 15 is 0 Å². The molecule has 6 heteroatoms. The highest BCUT2D eigenvalue weighted by atomic mass is 32.2. The normalized spacial score (nSPS) is 19.8. The van der Waals surface area contributed by atoms with Crippen LogP contribution in [0.25, 0.3) is 10.9 Å². The average Bonchev–Trinajstić information content (AvgIpc) is 3.04. The number of carbonyl (C=O) groups is 1. The number of hydrogen-bond donors (Lipinski definition) is 0. The molecule has 26 heavy (non-hydrogen) atoms. The van der Waals surface area contributed by atoms with Gasteiger partial charge in [0, 0.05) is 62.2 Å². The molecule has 0 bridgehead atoms. The van der Waals surface area contributed by atoms with Crippen LogP contribution in [0.5, 0.6) is 5.75 Å². The van der Waals surface area contributed by atoms with Crippen LogP contribution >= 0.6 is 11.8 Å². The molecule has 0 unspecified atom stereocenters. The lowest BCUT2D eigenvalue weighted by molar-refractivity contribution is 0.0622. The van der Waals surface area contributed by atoms with E-state index in [-0.39, 0.29) is 5.91 Å². The number of aromatic nitrogens is 1. The van der Waals surface area contributed by atoms with Gasteiger partial charge < -0.3 is 14.2 Å². The first-order valence-electron chi connectivity index (χ1n) is 9.42. The predicted molar refractivity (Wildman–Crippen MR) is 107 cm³/mol. The number of fused-ring (bicyclic) bond motifs is 1. The molecule has 0 spiro atoms. The number of rotatable bonds is 3. The zero-order chi connectivity index (χ0) is 18.1. The van der Waals surface area contributed by atoms with Gasteiger partial charge in [-0.3, -0.25) is 9.69 Å². The molecule has 3 heterocycles. The predicted octanol–water partition coefficient (Wildman–Crippen LogP) is 2.84. The molecule has 2 aliphatic heterocycles. The first-order chi connectivity index (χ1) is 12.7. The van der Waals surface area contributed by atoms with E-state index in [0.717, 1.165) is 48.3 Å². The number of likely N-dealkylation sites (tertiary alicyclic amines) is 1. The summed E-state index contributed by atoms with van der Waals surface area (Å²) in [5.41, 5.74) is 1.80. The Hall–Kier alpha value is -1.66. The molecule has 1 aromatic heterocycles. The number of carbonyl (C=O) groups excluding carboxylic acids is 1. The van der Waals surface area contributed by atoms with Crippen LogP contribution in [0.2, 0.25) is 0 Å². The van der Waals surface area contributed by atoms with E-state index in [9.17, 15) is 4.79 Å². The molecule has 0 N–H and O–H groups in total. The van der Waals surface area contributed by atoms with Crippen LogP contribution < -0.4 is 4.74 Å². The quantitative estimate of drug-likeness (QED) is 0.829. The summed E-state index contributed by atoms with van der Waals surface area (Å²) >= 11 is 2.05. The van der Waals surface area contributed by atoms with Crippen LogP contribution in [0, 0.1) is 0 Å². The molecular weight excluding hydrogens is 346 g/mol. The highest BCUT2D eigenvalue weighted by Crippen LogP contribution is 2.26. The molecule has 2 aromatic rings. The van der Waals surface area contributed by atoms with E-state index in [1.165, 1.54) is 24.6 Å². The first kappa shape index (κ1) is 17.7. The van der Waals surface area contributed by atoms with Gasteiger partial charge in [0.15, 0.2) is 0 Å². The Kier molecular flexibility index (Phi) is 5.14. The van der Waals surface area contributed by atoms with Gasteiger partial charge in [-0.1, -0.05) is 0 Å². The van der Waals surface area contributed by atoms with Gasteiger partial charge in [0.25, 0.3) is 5.91 Å². The molecule has 1 amide bonds. The van der Waals surface area contributed by atoms with Crippen molar-refractivity contribution >= 4 is 28.6 Å². The summed E-state index contributed by atoms with van der Waals surface area (Å²) in [6.07, 6.45) is 2.18. The van der Waals surface area contributed by atoms with Crippen molar-refractivity contribution in [2.45, 2.75) is 18.9 Å². The van der Waals surface area contributed by atoms with Gasteiger partial charge in [0.05, 0.1) is 12.6 Å². The monoisotopic (exact) mass is 373 g/mol. The van der Waals surface area contributed by atoms with Gasteiger partial charge in [-0.25, -0.2) is 0 Å². The molecular formula is C20H27N3O2S.